The van der Waals surface area contributed by atoms with Crippen LogP contribution in [0.15, 0.2) is 42.7 Å². The van der Waals surface area contributed by atoms with Crippen LogP contribution in [0.1, 0.15) is 25.1 Å². The monoisotopic (exact) mass is 345 g/mol. The van der Waals surface area contributed by atoms with Gasteiger partial charge in [0.25, 0.3) is 0 Å². The number of amides is 1. The maximum absolute atomic E-state index is 12.0. The fourth-order valence-electron chi connectivity index (χ4n) is 2.74. The second-order valence-electron chi connectivity index (χ2n) is 5.83. The van der Waals surface area contributed by atoms with Gasteiger partial charge < -0.3 is 14.6 Å². The highest BCUT2D eigenvalue weighted by molar-refractivity contribution is 7.99. The van der Waals surface area contributed by atoms with Crippen molar-refractivity contribution >= 4 is 17.7 Å². The van der Waals surface area contributed by atoms with E-state index in [1.165, 1.54) is 6.42 Å². The average molecular weight is 345 g/mol. The summed E-state index contributed by atoms with van der Waals surface area (Å²) in [6, 6.07) is 10.00. The molecule has 0 saturated carbocycles. The minimum atomic E-state index is 0.0402. The molecule has 1 atom stereocenters. The average Bonchev–Trinajstić information content (AvgIpc) is 3.10. The van der Waals surface area contributed by atoms with Crippen molar-refractivity contribution in [2.24, 2.45) is 0 Å². The van der Waals surface area contributed by atoms with Crippen LogP contribution in [0.2, 0.25) is 0 Å². The van der Waals surface area contributed by atoms with E-state index in [2.05, 4.69) is 10.3 Å². The molecular formula is C18H23N3O2S. The van der Waals surface area contributed by atoms with Gasteiger partial charge in [-0.3, -0.25) is 4.79 Å². The molecule has 1 saturated heterocycles. The van der Waals surface area contributed by atoms with Gasteiger partial charge in [0.1, 0.15) is 5.82 Å². The lowest BCUT2D eigenvalue weighted by Crippen LogP contribution is -2.27. The number of carbonyl (C=O) groups excluding carboxylic acids is 1. The van der Waals surface area contributed by atoms with Crippen LogP contribution in [0.25, 0.3) is 5.69 Å². The fraction of sp³-hybridized carbons (Fsp3) is 0.444. The minimum absolute atomic E-state index is 0.0402. The van der Waals surface area contributed by atoms with Gasteiger partial charge in [0.05, 0.1) is 18.4 Å². The van der Waals surface area contributed by atoms with Crippen molar-refractivity contribution in [2.45, 2.75) is 31.9 Å². The molecule has 1 N–H and O–H groups in total. The van der Waals surface area contributed by atoms with Crippen LogP contribution >= 0.6 is 11.8 Å². The second kappa shape index (κ2) is 8.89. The normalized spacial score (nSPS) is 17.6. The van der Waals surface area contributed by atoms with Crippen molar-refractivity contribution in [1.29, 1.82) is 0 Å². The Kier molecular flexibility index (Phi) is 6.32. The summed E-state index contributed by atoms with van der Waals surface area (Å²) in [6.45, 7) is 1.29. The summed E-state index contributed by atoms with van der Waals surface area (Å²) in [5.74, 6) is 2.23. The lowest BCUT2D eigenvalue weighted by Gasteiger charge is -2.21. The van der Waals surface area contributed by atoms with Crippen LogP contribution in [0.4, 0.5) is 0 Å². The Morgan fingerprint density at radius 2 is 2.21 bits per heavy atom. The molecule has 0 bridgehead atoms. The Hall–Kier alpha value is -1.79. The van der Waals surface area contributed by atoms with Crippen molar-refractivity contribution in [3.8, 4) is 5.69 Å². The maximum atomic E-state index is 12.0. The summed E-state index contributed by atoms with van der Waals surface area (Å²) in [4.78, 5) is 16.4. The zero-order valence-corrected chi connectivity index (χ0v) is 14.5. The first-order valence-electron chi connectivity index (χ1n) is 8.36. The first-order chi connectivity index (χ1) is 11.8. The Bertz CT molecular complexity index is 639. The fourth-order valence-corrected chi connectivity index (χ4v) is 3.67. The molecule has 1 fully saturated rings. The number of benzene rings is 1. The smallest absolute Gasteiger partial charge is 0.230 e. The molecule has 128 valence electrons. The zero-order valence-electron chi connectivity index (χ0n) is 13.7. The SMILES string of the molecule is O=C(CSCC1CCCCO1)NCc1nccn1-c1ccccc1. The lowest BCUT2D eigenvalue weighted by atomic mass is 10.1. The van der Waals surface area contributed by atoms with Crippen LogP contribution < -0.4 is 5.32 Å². The number of rotatable bonds is 7. The van der Waals surface area contributed by atoms with Gasteiger partial charge in [-0.05, 0) is 31.4 Å². The Balaban J connectivity index is 1.43. The van der Waals surface area contributed by atoms with Crippen molar-refractivity contribution in [2.75, 3.05) is 18.1 Å². The van der Waals surface area contributed by atoms with Gasteiger partial charge in [-0.25, -0.2) is 4.98 Å². The molecule has 1 aliphatic heterocycles. The molecule has 24 heavy (non-hydrogen) atoms. The van der Waals surface area contributed by atoms with E-state index in [0.29, 0.717) is 18.4 Å². The van der Waals surface area contributed by atoms with Crippen LogP contribution in [0.5, 0.6) is 0 Å². The van der Waals surface area contributed by atoms with Gasteiger partial charge in [0.2, 0.25) is 5.91 Å². The summed E-state index contributed by atoms with van der Waals surface area (Å²) >= 11 is 1.64. The van der Waals surface area contributed by atoms with E-state index in [0.717, 1.165) is 36.7 Å². The number of nitrogens with one attached hydrogen (secondary N) is 1. The predicted molar refractivity (Wildman–Crippen MR) is 96.3 cm³/mol. The highest BCUT2D eigenvalue weighted by Crippen LogP contribution is 2.17. The van der Waals surface area contributed by atoms with Crippen molar-refractivity contribution < 1.29 is 9.53 Å². The Morgan fingerprint density at radius 1 is 1.33 bits per heavy atom. The van der Waals surface area contributed by atoms with Crippen molar-refractivity contribution in [1.82, 2.24) is 14.9 Å². The first-order valence-corrected chi connectivity index (χ1v) is 9.52. The van der Waals surface area contributed by atoms with E-state index in [4.69, 9.17) is 4.74 Å². The predicted octanol–water partition coefficient (Wildman–Crippen LogP) is 2.79. The van der Waals surface area contributed by atoms with Gasteiger partial charge in [0.15, 0.2) is 0 Å². The van der Waals surface area contributed by atoms with Gasteiger partial charge >= 0.3 is 0 Å². The van der Waals surface area contributed by atoms with Crippen LogP contribution in [-0.2, 0) is 16.1 Å². The molecule has 0 aliphatic carbocycles. The van der Waals surface area contributed by atoms with E-state index in [1.54, 1.807) is 18.0 Å². The van der Waals surface area contributed by atoms with Crippen molar-refractivity contribution in [3.05, 3.63) is 48.5 Å². The molecule has 2 aromatic rings. The van der Waals surface area contributed by atoms with Gasteiger partial charge in [-0.1, -0.05) is 18.2 Å². The van der Waals surface area contributed by atoms with Crippen LogP contribution in [0.3, 0.4) is 0 Å². The maximum Gasteiger partial charge on any atom is 0.230 e. The number of hydrogen-bond donors (Lipinski definition) is 1. The molecule has 0 radical (unpaired) electrons. The minimum Gasteiger partial charge on any atom is -0.377 e. The largest absolute Gasteiger partial charge is 0.377 e. The number of para-hydroxylation sites is 1. The van der Waals surface area contributed by atoms with E-state index in [9.17, 15) is 4.79 Å². The number of hydrogen-bond acceptors (Lipinski definition) is 4. The summed E-state index contributed by atoms with van der Waals surface area (Å²) in [6.07, 6.45) is 7.49. The first kappa shape index (κ1) is 17.0. The number of imidazole rings is 1. The lowest BCUT2D eigenvalue weighted by molar-refractivity contribution is -0.118. The highest BCUT2D eigenvalue weighted by atomic mass is 32.2. The van der Waals surface area contributed by atoms with E-state index >= 15 is 0 Å². The summed E-state index contributed by atoms with van der Waals surface area (Å²) in [7, 11) is 0. The van der Waals surface area contributed by atoms with Crippen LogP contribution in [0, 0.1) is 0 Å². The molecule has 1 aliphatic rings. The molecule has 2 heterocycles. The summed E-state index contributed by atoms with van der Waals surface area (Å²) in [5, 5.41) is 2.95. The number of nitrogens with zero attached hydrogens (tertiary/aromatic N) is 2. The van der Waals surface area contributed by atoms with Crippen LogP contribution in [-0.4, -0.2) is 39.7 Å². The summed E-state index contributed by atoms with van der Waals surface area (Å²) in [5.41, 5.74) is 1.04. The third kappa shape index (κ3) is 4.85. The standard InChI is InChI=1S/C18H23N3O2S/c22-18(14-24-13-16-8-4-5-11-23-16)20-12-17-19-9-10-21(17)15-6-2-1-3-7-15/h1-3,6-7,9-10,16H,4-5,8,11-14H2,(H,20,22). The third-order valence-electron chi connectivity index (χ3n) is 4.01. The van der Waals surface area contributed by atoms with Crippen molar-refractivity contribution in [3.63, 3.8) is 0 Å². The molecule has 1 amide bonds. The summed E-state index contributed by atoms with van der Waals surface area (Å²) < 4.78 is 7.67. The number of thioether (sulfide) groups is 1. The Morgan fingerprint density at radius 3 is 3.00 bits per heavy atom. The molecular weight excluding hydrogens is 322 g/mol. The number of carbonyl (C=O) groups is 1. The molecule has 1 aromatic carbocycles. The van der Waals surface area contributed by atoms with Gasteiger partial charge in [-0.2, -0.15) is 0 Å². The number of aromatic nitrogens is 2. The van der Waals surface area contributed by atoms with E-state index in [1.807, 2.05) is 41.1 Å². The molecule has 1 aromatic heterocycles. The van der Waals surface area contributed by atoms with E-state index < -0.39 is 0 Å². The third-order valence-corrected chi connectivity index (χ3v) is 5.08. The second-order valence-corrected chi connectivity index (χ2v) is 6.86. The molecule has 6 heteroatoms. The van der Waals surface area contributed by atoms with Gasteiger partial charge in [-0.15, -0.1) is 11.8 Å². The Labute approximate surface area is 146 Å². The molecule has 1 unspecified atom stereocenters. The zero-order chi connectivity index (χ0) is 16.6. The molecule has 3 rings (SSSR count). The quantitative estimate of drug-likeness (QED) is 0.838. The van der Waals surface area contributed by atoms with Gasteiger partial charge in [0, 0.05) is 30.4 Å². The molecule has 5 nitrogen and oxygen atoms in total. The number of ether oxygens (including phenoxy) is 1. The topological polar surface area (TPSA) is 56.1 Å². The van der Waals surface area contributed by atoms with E-state index in [-0.39, 0.29) is 5.91 Å². The highest BCUT2D eigenvalue weighted by Gasteiger charge is 2.14. The molecule has 0 spiro atoms.